The van der Waals surface area contributed by atoms with Crippen LogP contribution in [0.15, 0.2) is 65.7 Å². The van der Waals surface area contributed by atoms with E-state index in [1.807, 2.05) is 29.0 Å². The van der Waals surface area contributed by atoms with Gasteiger partial charge in [-0.2, -0.15) is 0 Å². The lowest BCUT2D eigenvalue weighted by molar-refractivity contribution is 0.0697. The van der Waals surface area contributed by atoms with E-state index in [1.165, 1.54) is 6.07 Å². The van der Waals surface area contributed by atoms with Gasteiger partial charge in [-0.3, -0.25) is 4.99 Å². The molecule has 0 bridgehead atoms. The lowest BCUT2D eigenvalue weighted by atomic mass is 9.95. The van der Waals surface area contributed by atoms with Gasteiger partial charge in [0.1, 0.15) is 5.82 Å². The van der Waals surface area contributed by atoms with E-state index in [0.29, 0.717) is 12.2 Å². The Balaban J connectivity index is 0.00000245. The SMILES string of the molecule is C.CC(C)c1c(-c2ccc(C(=O)O)cc2)c2cc3c(cc2n1-c1ccccc1F)C=NC3. The molecular weight excluding hydrogens is 403 g/mol. The van der Waals surface area contributed by atoms with Crippen LogP contribution < -0.4 is 0 Å². The number of aliphatic imine (C=N–C) groups is 1. The van der Waals surface area contributed by atoms with Gasteiger partial charge in [0, 0.05) is 22.9 Å². The third-order valence-electron chi connectivity index (χ3n) is 5.82. The molecule has 1 aliphatic rings. The normalized spacial score (nSPS) is 12.2. The number of carboxylic acid groups (broad SMARTS) is 1. The molecule has 32 heavy (non-hydrogen) atoms. The van der Waals surface area contributed by atoms with Crippen LogP contribution >= 0.6 is 0 Å². The Morgan fingerprint density at radius 1 is 1.09 bits per heavy atom. The lowest BCUT2D eigenvalue weighted by Crippen LogP contribution is -2.05. The fraction of sp³-hybridized carbons (Fsp3) is 0.185. The Morgan fingerprint density at radius 2 is 1.81 bits per heavy atom. The highest BCUT2D eigenvalue weighted by Gasteiger charge is 2.25. The van der Waals surface area contributed by atoms with Crippen molar-refractivity contribution in [1.29, 1.82) is 0 Å². The fourth-order valence-corrected chi connectivity index (χ4v) is 4.44. The largest absolute Gasteiger partial charge is 0.478 e. The molecule has 5 heteroatoms. The first-order valence-electron chi connectivity index (χ1n) is 10.3. The summed E-state index contributed by atoms with van der Waals surface area (Å²) >= 11 is 0. The number of aromatic nitrogens is 1. The number of carboxylic acids is 1. The van der Waals surface area contributed by atoms with E-state index in [0.717, 1.165) is 38.9 Å². The molecule has 0 fully saturated rings. The van der Waals surface area contributed by atoms with Crippen LogP contribution in [0.3, 0.4) is 0 Å². The average molecular weight is 429 g/mol. The number of halogens is 1. The van der Waals surface area contributed by atoms with Crippen molar-refractivity contribution in [3.63, 3.8) is 0 Å². The third kappa shape index (κ3) is 3.30. The zero-order chi connectivity index (χ0) is 21.7. The number of hydrogen-bond acceptors (Lipinski definition) is 2. The maximum Gasteiger partial charge on any atom is 0.335 e. The molecule has 0 unspecified atom stereocenters. The quantitative estimate of drug-likeness (QED) is 0.387. The van der Waals surface area contributed by atoms with Crippen LogP contribution in [-0.2, 0) is 6.54 Å². The lowest BCUT2D eigenvalue weighted by Gasteiger charge is -2.16. The number of hydrogen-bond donors (Lipinski definition) is 1. The minimum Gasteiger partial charge on any atom is -0.478 e. The molecule has 2 heterocycles. The summed E-state index contributed by atoms with van der Waals surface area (Å²) in [6, 6.07) is 17.9. The Hall–Kier alpha value is -3.73. The van der Waals surface area contributed by atoms with E-state index >= 15 is 0 Å². The van der Waals surface area contributed by atoms with E-state index in [2.05, 4.69) is 31.0 Å². The van der Waals surface area contributed by atoms with Gasteiger partial charge in [0.2, 0.25) is 0 Å². The van der Waals surface area contributed by atoms with Gasteiger partial charge in [0.15, 0.2) is 0 Å². The van der Waals surface area contributed by atoms with Crippen molar-refractivity contribution < 1.29 is 14.3 Å². The monoisotopic (exact) mass is 428 g/mol. The summed E-state index contributed by atoms with van der Waals surface area (Å²) in [5.74, 6) is -1.15. The molecule has 0 amide bonds. The molecular formula is C27H25FN2O2. The number of rotatable bonds is 4. The highest BCUT2D eigenvalue weighted by Crippen LogP contribution is 2.42. The van der Waals surface area contributed by atoms with Crippen LogP contribution in [-0.4, -0.2) is 21.9 Å². The first-order chi connectivity index (χ1) is 15.0. The molecule has 0 aliphatic carbocycles. The van der Waals surface area contributed by atoms with Gasteiger partial charge in [-0.25, -0.2) is 9.18 Å². The van der Waals surface area contributed by atoms with Crippen molar-refractivity contribution in [2.45, 2.75) is 33.7 Å². The van der Waals surface area contributed by atoms with Gasteiger partial charge in [0.05, 0.1) is 23.3 Å². The van der Waals surface area contributed by atoms with Crippen LogP contribution in [0.5, 0.6) is 0 Å². The van der Waals surface area contributed by atoms with Gasteiger partial charge in [-0.05, 0) is 59.0 Å². The van der Waals surface area contributed by atoms with Crippen LogP contribution in [0.1, 0.15) is 54.4 Å². The molecule has 162 valence electrons. The summed E-state index contributed by atoms with van der Waals surface area (Å²) in [7, 11) is 0. The van der Waals surface area contributed by atoms with Crippen molar-refractivity contribution in [2.75, 3.05) is 0 Å². The summed E-state index contributed by atoms with van der Waals surface area (Å²) in [5.41, 5.74) is 6.73. The minimum absolute atomic E-state index is 0. The van der Waals surface area contributed by atoms with Gasteiger partial charge >= 0.3 is 5.97 Å². The Kier molecular flexibility index (Phi) is 5.43. The summed E-state index contributed by atoms with van der Waals surface area (Å²) in [6.45, 7) is 4.82. The summed E-state index contributed by atoms with van der Waals surface area (Å²) in [5, 5.41) is 10.3. The average Bonchev–Trinajstić information content (AvgIpc) is 3.34. The third-order valence-corrected chi connectivity index (χ3v) is 5.82. The van der Waals surface area contributed by atoms with Crippen molar-refractivity contribution in [3.8, 4) is 16.8 Å². The first kappa shape index (κ1) is 21.5. The molecule has 4 aromatic rings. The van der Waals surface area contributed by atoms with E-state index in [-0.39, 0.29) is 24.7 Å². The number of para-hydroxylation sites is 1. The maximum atomic E-state index is 15.0. The number of nitrogens with zero attached hydrogens (tertiary/aromatic N) is 2. The van der Waals surface area contributed by atoms with Crippen molar-refractivity contribution >= 4 is 23.1 Å². The Bertz CT molecular complexity index is 1360. The molecule has 3 aromatic carbocycles. The summed E-state index contributed by atoms with van der Waals surface area (Å²) < 4.78 is 17.0. The maximum absolute atomic E-state index is 15.0. The molecule has 4 nitrogen and oxygen atoms in total. The number of benzene rings is 3. The van der Waals surface area contributed by atoms with Crippen LogP contribution in [0, 0.1) is 5.82 Å². The standard InChI is InChI=1S/C26H21FN2O2.CH4/c1-15(2)25-24(16-7-9-17(10-8-16)26(30)31)20-11-18-13-28-14-19(18)12-23(20)29(25)22-6-4-3-5-21(22)27;/h3-12,14-15H,13H2,1-2H3,(H,30,31);1H4. The fourth-order valence-electron chi connectivity index (χ4n) is 4.44. The molecule has 0 spiro atoms. The Labute approximate surface area is 186 Å². The molecule has 0 atom stereocenters. The van der Waals surface area contributed by atoms with Gasteiger partial charge in [-0.15, -0.1) is 0 Å². The van der Waals surface area contributed by atoms with E-state index in [9.17, 15) is 14.3 Å². The van der Waals surface area contributed by atoms with E-state index < -0.39 is 5.97 Å². The van der Waals surface area contributed by atoms with Gasteiger partial charge in [-0.1, -0.05) is 45.5 Å². The van der Waals surface area contributed by atoms with E-state index in [1.54, 1.807) is 24.3 Å². The first-order valence-corrected chi connectivity index (χ1v) is 10.3. The van der Waals surface area contributed by atoms with Gasteiger partial charge < -0.3 is 9.67 Å². The highest BCUT2D eigenvalue weighted by molar-refractivity contribution is 6.03. The summed E-state index contributed by atoms with van der Waals surface area (Å²) in [6.07, 6.45) is 1.86. The van der Waals surface area contributed by atoms with Crippen molar-refractivity contribution in [3.05, 3.63) is 88.9 Å². The van der Waals surface area contributed by atoms with Crippen molar-refractivity contribution in [2.24, 2.45) is 4.99 Å². The number of carbonyl (C=O) groups is 1. The molecule has 0 saturated carbocycles. The molecule has 5 rings (SSSR count). The van der Waals surface area contributed by atoms with Crippen LogP contribution in [0.25, 0.3) is 27.7 Å². The number of aromatic carboxylic acids is 1. The van der Waals surface area contributed by atoms with Crippen LogP contribution in [0.2, 0.25) is 0 Å². The smallest absolute Gasteiger partial charge is 0.335 e. The number of fused-ring (bicyclic) bond motifs is 2. The molecule has 1 N–H and O–H groups in total. The van der Waals surface area contributed by atoms with Crippen molar-refractivity contribution in [1.82, 2.24) is 4.57 Å². The van der Waals surface area contributed by atoms with E-state index in [4.69, 9.17) is 0 Å². The Morgan fingerprint density at radius 3 is 2.47 bits per heavy atom. The topological polar surface area (TPSA) is 54.6 Å². The predicted molar refractivity (Wildman–Crippen MR) is 128 cm³/mol. The zero-order valence-corrected chi connectivity index (χ0v) is 17.3. The zero-order valence-electron chi connectivity index (χ0n) is 17.3. The predicted octanol–water partition coefficient (Wildman–Crippen LogP) is 6.83. The summed E-state index contributed by atoms with van der Waals surface area (Å²) in [4.78, 5) is 15.7. The molecule has 0 saturated heterocycles. The molecule has 0 radical (unpaired) electrons. The van der Waals surface area contributed by atoms with Crippen LogP contribution in [0.4, 0.5) is 4.39 Å². The minimum atomic E-state index is -0.959. The molecule has 1 aromatic heterocycles. The second-order valence-corrected chi connectivity index (χ2v) is 8.12. The second kappa shape index (κ2) is 8.08. The van der Waals surface area contributed by atoms with Gasteiger partial charge in [0.25, 0.3) is 0 Å². The molecule has 1 aliphatic heterocycles. The highest BCUT2D eigenvalue weighted by atomic mass is 19.1. The second-order valence-electron chi connectivity index (χ2n) is 8.12.